The summed E-state index contributed by atoms with van der Waals surface area (Å²) in [5.74, 6) is -0.256. The number of benzene rings is 3. The van der Waals surface area contributed by atoms with Gasteiger partial charge in [-0.25, -0.2) is 9.36 Å². The standard InChI is InChI=1S/C23H17N7O/c31-23(25-18-11-13-19(14-12-18)29-16-24-27-28-29)22-15-21(17-7-3-1-4-8-17)26-30(22)20-9-5-2-6-10-20/h1-16H,(H,25,31). The quantitative estimate of drug-likeness (QED) is 0.479. The Morgan fingerprint density at radius 1 is 0.806 bits per heavy atom. The molecule has 31 heavy (non-hydrogen) atoms. The first kappa shape index (κ1) is 18.4. The first-order valence-corrected chi connectivity index (χ1v) is 9.64. The third-order valence-electron chi connectivity index (χ3n) is 4.75. The van der Waals surface area contributed by atoms with Crippen molar-refractivity contribution in [2.24, 2.45) is 0 Å². The Balaban J connectivity index is 1.47. The van der Waals surface area contributed by atoms with Crippen molar-refractivity contribution in [2.75, 3.05) is 5.32 Å². The van der Waals surface area contributed by atoms with Crippen molar-refractivity contribution in [1.29, 1.82) is 0 Å². The molecule has 2 aromatic heterocycles. The SMILES string of the molecule is O=C(Nc1ccc(-n2cnnn2)cc1)c1cc(-c2ccccc2)nn1-c1ccccc1. The van der Waals surface area contributed by atoms with Crippen molar-refractivity contribution in [2.45, 2.75) is 0 Å². The van der Waals surface area contributed by atoms with Gasteiger partial charge in [0, 0.05) is 11.3 Å². The van der Waals surface area contributed by atoms with Gasteiger partial charge in [-0.2, -0.15) is 5.10 Å². The van der Waals surface area contributed by atoms with Gasteiger partial charge in [-0.3, -0.25) is 4.79 Å². The lowest BCUT2D eigenvalue weighted by Crippen LogP contribution is -2.17. The molecule has 8 nitrogen and oxygen atoms in total. The lowest BCUT2D eigenvalue weighted by Gasteiger charge is -2.09. The van der Waals surface area contributed by atoms with Gasteiger partial charge in [-0.15, -0.1) is 5.10 Å². The first-order valence-electron chi connectivity index (χ1n) is 9.64. The number of carbonyl (C=O) groups excluding carboxylic acids is 1. The zero-order chi connectivity index (χ0) is 21.0. The molecule has 0 radical (unpaired) electrons. The van der Waals surface area contributed by atoms with Crippen LogP contribution in [0.15, 0.2) is 97.3 Å². The second-order valence-corrected chi connectivity index (χ2v) is 6.78. The molecule has 150 valence electrons. The summed E-state index contributed by atoms with van der Waals surface area (Å²) >= 11 is 0. The van der Waals surface area contributed by atoms with Gasteiger partial charge in [0.05, 0.1) is 17.1 Å². The Morgan fingerprint density at radius 3 is 2.19 bits per heavy atom. The van der Waals surface area contributed by atoms with E-state index >= 15 is 0 Å². The molecule has 0 fully saturated rings. The average Bonchev–Trinajstić information content (AvgIpc) is 3.52. The maximum atomic E-state index is 13.2. The van der Waals surface area contributed by atoms with Crippen LogP contribution in [0.1, 0.15) is 10.5 Å². The molecule has 0 aliphatic carbocycles. The first-order chi connectivity index (χ1) is 15.3. The second kappa shape index (κ2) is 8.03. The van der Waals surface area contributed by atoms with E-state index in [0.29, 0.717) is 11.4 Å². The summed E-state index contributed by atoms with van der Waals surface area (Å²) < 4.78 is 3.20. The van der Waals surface area contributed by atoms with Crippen LogP contribution in [0.25, 0.3) is 22.6 Å². The number of carbonyl (C=O) groups is 1. The van der Waals surface area contributed by atoms with Gasteiger partial charge in [0.2, 0.25) is 0 Å². The van der Waals surface area contributed by atoms with Gasteiger partial charge < -0.3 is 5.32 Å². The molecule has 0 atom stereocenters. The summed E-state index contributed by atoms with van der Waals surface area (Å²) in [7, 11) is 0. The second-order valence-electron chi connectivity index (χ2n) is 6.78. The van der Waals surface area contributed by atoms with Crippen LogP contribution in [0.3, 0.4) is 0 Å². The van der Waals surface area contributed by atoms with E-state index in [1.165, 1.54) is 6.33 Å². The van der Waals surface area contributed by atoms with Gasteiger partial charge in [0.25, 0.3) is 5.91 Å². The molecule has 0 bridgehead atoms. The highest BCUT2D eigenvalue weighted by molar-refractivity contribution is 6.04. The molecule has 0 unspecified atom stereocenters. The number of anilines is 1. The number of nitrogens with zero attached hydrogens (tertiary/aromatic N) is 6. The Labute approximate surface area is 177 Å². The number of aromatic nitrogens is 6. The van der Waals surface area contributed by atoms with E-state index in [9.17, 15) is 4.79 Å². The molecule has 5 rings (SSSR count). The van der Waals surface area contributed by atoms with E-state index in [1.807, 2.05) is 72.8 Å². The van der Waals surface area contributed by atoms with Crippen molar-refractivity contribution >= 4 is 11.6 Å². The van der Waals surface area contributed by atoms with Gasteiger partial charge in [-0.05, 0) is 52.9 Å². The number of tetrazole rings is 1. The largest absolute Gasteiger partial charge is 0.321 e. The summed E-state index contributed by atoms with van der Waals surface area (Å²) in [6.45, 7) is 0. The van der Waals surface area contributed by atoms with Crippen LogP contribution in [0, 0.1) is 0 Å². The monoisotopic (exact) mass is 407 g/mol. The normalized spacial score (nSPS) is 10.7. The fraction of sp³-hybridized carbons (Fsp3) is 0. The molecular formula is C23H17N7O. The Kier molecular flexibility index (Phi) is 4.78. The van der Waals surface area contributed by atoms with Gasteiger partial charge in [-0.1, -0.05) is 48.5 Å². The summed E-state index contributed by atoms with van der Waals surface area (Å²) in [5.41, 5.74) is 4.37. The Morgan fingerprint density at radius 2 is 1.52 bits per heavy atom. The third-order valence-corrected chi connectivity index (χ3v) is 4.75. The zero-order valence-electron chi connectivity index (χ0n) is 16.3. The molecular weight excluding hydrogens is 390 g/mol. The zero-order valence-corrected chi connectivity index (χ0v) is 16.3. The molecule has 0 saturated carbocycles. The van der Waals surface area contributed by atoms with Gasteiger partial charge in [0.1, 0.15) is 12.0 Å². The smallest absolute Gasteiger partial charge is 0.274 e. The number of hydrogen-bond acceptors (Lipinski definition) is 5. The minimum Gasteiger partial charge on any atom is -0.321 e. The summed E-state index contributed by atoms with van der Waals surface area (Å²) in [6.07, 6.45) is 1.51. The van der Waals surface area contributed by atoms with E-state index in [-0.39, 0.29) is 5.91 Å². The molecule has 1 amide bonds. The van der Waals surface area contributed by atoms with Crippen LogP contribution in [-0.2, 0) is 0 Å². The van der Waals surface area contributed by atoms with Crippen LogP contribution >= 0.6 is 0 Å². The highest BCUT2D eigenvalue weighted by atomic mass is 16.2. The molecule has 2 heterocycles. The summed E-state index contributed by atoms with van der Waals surface area (Å²) in [6, 6.07) is 28.4. The number of hydrogen-bond donors (Lipinski definition) is 1. The Hall–Kier alpha value is -4.59. The summed E-state index contributed by atoms with van der Waals surface area (Å²) in [5, 5.41) is 18.8. The molecule has 0 spiro atoms. The molecule has 0 aliphatic heterocycles. The molecule has 8 heteroatoms. The Bertz CT molecular complexity index is 1300. The van der Waals surface area contributed by atoms with E-state index in [0.717, 1.165) is 22.6 Å². The van der Waals surface area contributed by atoms with Crippen molar-refractivity contribution in [3.8, 4) is 22.6 Å². The van der Waals surface area contributed by atoms with Crippen LogP contribution in [-0.4, -0.2) is 35.9 Å². The van der Waals surface area contributed by atoms with E-state index < -0.39 is 0 Å². The van der Waals surface area contributed by atoms with E-state index in [2.05, 4.69) is 20.8 Å². The highest BCUT2D eigenvalue weighted by Crippen LogP contribution is 2.23. The van der Waals surface area contributed by atoms with Crippen LogP contribution in [0.5, 0.6) is 0 Å². The predicted octanol–water partition coefficient (Wildman–Crippen LogP) is 3.77. The number of para-hydroxylation sites is 1. The van der Waals surface area contributed by atoms with Crippen LogP contribution in [0.4, 0.5) is 5.69 Å². The van der Waals surface area contributed by atoms with Gasteiger partial charge in [0.15, 0.2) is 0 Å². The van der Waals surface area contributed by atoms with E-state index in [4.69, 9.17) is 5.10 Å². The maximum Gasteiger partial charge on any atom is 0.274 e. The third kappa shape index (κ3) is 3.82. The lowest BCUT2D eigenvalue weighted by molar-refractivity contribution is 0.101. The van der Waals surface area contributed by atoms with Crippen LogP contribution in [0.2, 0.25) is 0 Å². The van der Waals surface area contributed by atoms with E-state index in [1.54, 1.807) is 27.6 Å². The number of rotatable bonds is 5. The number of amides is 1. The van der Waals surface area contributed by atoms with Crippen molar-refractivity contribution in [1.82, 2.24) is 30.0 Å². The molecule has 0 saturated heterocycles. The van der Waals surface area contributed by atoms with Gasteiger partial charge >= 0.3 is 0 Å². The molecule has 1 N–H and O–H groups in total. The molecule has 5 aromatic rings. The summed E-state index contributed by atoms with van der Waals surface area (Å²) in [4.78, 5) is 13.2. The van der Waals surface area contributed by atoms with Crippen molar-refractivity contribution in [3.63, 3.8) is 0 Å². The average molecular weight is 407 g/mol. The minimum atomic E-state index is -0.256. The molecule has 0 aliphatic rings. The lowest BCUT2D eigenvalue weighted by atomic mass is 10.1. The van der Waals surface area contributed by atoms with Crippen LogP contribution < -0.4 is 5.32 Å². The number of nitrogens with one attached hydrogen (secondary N) is 1. The van der Waals surface area contributed by atoms with Crippen molar-refractivity contribution < 1.29 is 4.79 Å². The predicted molar refractivity (Wildman–Crippen MR) is 116 cm³/mol. The topological polar surface area (TPSA) is 90.5 Å². The maximum absolute atomic E-state index is 13.2. The minimum absolute atomic E-state index is 0.256. The fourth-order valence-corrected chi connectivity index (χ4v) is 3.23. The van der Waals surface area contributed by atoms with Crippen molar-refractivity contribution in [3.05, 3.63) is 103 Å². The molecule has 3 aromatic carbocycles. The fourth-order valence-electron chi connectivity index (χ4n) is 3.23. The highest BCUT2D eigenvalue weighted by Gasteiger charge is 2.18.